The van der Waals surface area contributed by atoms with Crippen molar-refractivity contribution in [2.24, 2.45) is 10.4 Å². The molecule has 0 bridgehead atoms. The van der Waals surface area contributed by atoms with Gasteiger partial charge in [-0.05, 0) is 86.4 Å². The minimum absolute atomic E-state index is 0.0530. The second-order valence-corrected chi connectivity index (χ2v) is 13.5. The van der Waals surface area contributed by atoms with Crippen LogP contribution in [0.25, 0.3) is 0 Å². The maximum Gasteiger partial charge on any atom is 0.426 e. The average molecular weight is 586 g/mol. The van der Waals surface area contributed by atoms with Crippen molar-refractivity contribution in [2.75, 3.05) is 11.1 Å². The molecule has 10 nitrogen and oxygen atoms in total. The van der Waals surface area contributed by atoms with Crippen LogP contribution in [0.4, 0.5) is 19.7 Å². The van der Waals surface area contributed by atoms with Gasteiger partial charge in [0.05, 0.1) is 17.4 Å². The van der Waals surface area contributed by atoms with Crippen molar-refractivity contribution < 1.29 is 28.2 Å². The van der Waals surface area contributed by atoms with Crippen molar-refractivity contribution in [1.82, 2.24) is 14.9 Å². The molecule has 0 unspecified atom stereocenters. The topological polar surface area (TPSA) is 123 Å². The summed E-state index contributed by atoms with van der Waals surface area (Å²) in [7, 11) is 0. The number of thioether (sulfide) groups is 1. The van der Waals surface area contributed by atoms with Crippen molar-refractivity contribution in [3.05, 3.63) is 53.4 Å². The number of hydrogen-bond donors (Lipinski definition) is 1. The number of aryl methyl sites for hydroxylation is 1. The zero-order valence-corrected chi connectivity index (χ0v) is 25.4. The minimum atomic E-state index is -1.16. The van der Waals surface area contributed by atoms with E-state index in [1.54, 1.807) is 55.4 Å². The molecule has 12 heteroatoms. The first-order chi connectivity index (χ1) is 18.9. The number of ether oxygens (including phenoxy) is 2. The lowest BCUT2D eigenvalue weighted by Crippen LogP contribution is -2.49. The lowest BCUT2D eigenvalue weighted by atomic mass is 9.77. The van der Waals surface area contributed by atoms with Crippen LogP contribution in [0.15, 0.2) is 35.6 Å². The molecule has 2 heterocycles. The quantitative estimate of drug-likeness (QED) is 0.436. The van der Waals surface area contributed by atoms with Gasteiger partial charge in [0.1, 0.15) is 22.7 Å². The van der Waals surface area contributed by atoms with Gasteiger partial charge in [-0.3, -0.25) is 9.78 Å². The predicted molar refractivity (Wildman–Crippen MR) is 154 cm³/mol. The molecule has 2 aromatic rings. The summed E-state index contributed by atoms with van der Waals surface area (Å²) in [6.45, 7) is 13.7. The molecule has 1 aromatic heterocycles. The number of amides is 3. The Labute approximate surface area is 243 Å². The molecule has 4 rings (SSSR count). The van der Waals surface area contributed by atoms with Crippen LogP contribution in [0.2, 0.25) is 0 Å². The third-order valence-electron chi connectivity index (χ3n) is 6.79. The first-order valence-electron chi connectivity index (χ1n) is 13.3. The summed E-state index contributed by atoms with van der Waals surface area (Å²) in [5.41, 5.74) is -1.98. The molecule has 1 N–H and O–H groups in total. The van der Waals surface area contributed by atoms with Gasteiger partial charge in [-0.25, -0.2) is 24.0 Å². The average Bonchev–Trinajstić information content (AvgIpc) is 3.62. The number of anilines is 1. The molecule has 2 aliphatic rings. The largest absolute Gasteiger partial charge is 0.443 e. The molecule has 1 aliphatic carbocycles. The summed E-state index contributed by atoms with van der Waals surface area (Å²) in [4.78, 5) is 53.2. The van der Waals surface area contributed by atoms with Crippen molar-refractivity contribution in [2.45, 2.75) is 85.0 Å². The summed E-state index contributed by atoms with van der Waals surface area (Å²) in [6, 6.07) is 4.26. The summed E-state index contributed by atoms with van der Waals surface area (Å²) in [5, 5.41) is 2.80. The Morgan fingerprint density at radius 1 is 1.00 bits per heavy atom. The van der Waals surface area contributed by atoms with Gasteiger partial charge in [0.15, 0.2) is 5.17 Å². The van der Waals surface area contributed by atoms with E-state index >= 15 is 4.39 Å². The van der Waals surface area contributed by atoms with Crippen LogP contribution in [0.1, 0.15) is 83.1 Å². The van der Waals surface area contributed by atoms with Crippen LogP contribution in [-0.2, 0) is 15.0 Å². The highest BCUT2D eigenvalue weighted by Gasteiger charge is 2.61. The van der Waals surface area contributed by atoms with E-state index < -0.39 is 46.1 Å². The summed E-state index contributed by atoms with van der Waals surface area (Å²) in [5.74, 6) is -0.534. The van der Waals surface area contributed by atoms with Crippen LogP contribution in [0.5, 0.6) is 0 Å². The van der Waals surface area contributed by atoms with Gasteiger partial charge in [-0.1, -0.05) is 11.8 Å². The molecule has 0 saturated heterocycles. The fourth-order valence-electron chi connectivity index (χ4n) is 4.45. The summed E-state index contributed by atoms with van der Waals surface area (Å²) in [6.07, 6.45) is 2.54. The number of nitrogens with zero attached hydrogens (tertiary/aromatic N) is 4. The number of rotatable bonds is 3. The fourth-order valence-corrected chi connectivity index (χ4v) is 5.96. The second-order valence-electron chi connectivity index (χ2n) is 12.5. The highest BCUT2D eigenvalue weighted by Crippen LogP contribution is 2.64. The second kappa shape index (κ2) is 10.7. The Balaban J connectivity index is 1.74. The van der Waals surface area contributed by atoms with Gasteiger partial charge in [-0.15, -0.1) is 0 Å². The third-order valence-corrected chi connectivity index (χ3v) is 8.02. The summed E-state index contributed by atoms with van der Waals surface area (Å²) >= 11 is 1.23. The Bertz CT molecular complexity index is 1370. The zero-order chi connectivity index (χ0) is 30.4. The first-order valence-corrected chi connectivity index (χ1v) is 14.3. The molecule has 1 spiro atoms. The van der Waals surface area contributed by atoms with E-state index in [2.05, 4.69) is 15.3 Å². The fraction of sp³-hybridized carbons (Fsp3) is 0.517. The number of carbonyl (C=O) groups is 3. The van der Waals surface area contributed by atoms with Gasteiger partial charge < -0.3 is 14.8 Å². The molecule has 1 atom stereocenters. The lowest BCUT2D eigenvalue weighted by Gasteiger charge is -2.41. The smallest absolute Gasteiger partial charge is 0.426 e. The number of hydrogen-bond acceptors (Lipinski definition) is 9. The molecular formula is C29H36FN5O5S. The standard InChI is InChI=1S/C29H36FN5O5S/c1-17-14-32-21(15-31-17)22(36)33-18-9-10-20(30)19(13-18)28(8)29(11-12-29)16-41-23(34-28)35(24(37)39-26(2,3)4)25(38)40-27(5,6)7/h9-10,13-15H,11-12,16H2,1-8H3,(H,33,36)/t28-/m1/s1. The number of amidine groups is 1. The highest BCUT2D eigenvalue weighted by molar-refractivity contribution is 8.14. The van der Waals surface area contributed by atoms with Crippen LogP contribution in [0.3, 0.4) is 0 Å². The van der Waals surface area contributed by atoms with Crippen molar-refractivity contribution in [3.63, 3.8) is 0 Å². The first kappa shape index (κ1) is 30.4. The number of aromatic nitrogens is 2. The number of nitrogens with one attached hydrogen (secondary N) is 1. The van der Waals surface area contributed by atoms with Gasteiger partial charge in [0.25, 0.3) is 5.91 Å². The Morgan fingerprint density at radius 3 is 2.12 bits per heavy atom. The van der Waals surface area contributed by atoms with E-state index in [0.29, 0.717) is 17.1 Å². The molecule has 1 aromatic carbocycles. The molecule has 0 radical (unpaired) electrons. The van der Waals surface area contributed by atoms with Crippen molar-refractivity contribution >= 4 is 40.7 Å². The molecule has 1 saturated carbocycles. The molecular weight excluding hydrogens is 549 g/mol. The monoisotopic (exact) mass is 585 g/mol. The SMILES string of the molecule is Cc1cnc(C(=O)Nc2ccc(F)c([C@@]3(C)N=C(N(C(=O)OC(C)(C)C)C(=O)OC(C)(C)C)SCC34CC4)c2)cn1. The van der Waals surface area contributed by atoms with Crippen LogP contribution < -0.4 is 5.32 Å². The molecule has 3 amide bonds. The molecule has 41 heavy (non-hydrogen) atoms. The van der Waals surface area contributed by atoms with Gasteiger partial charge in [0, 0.05) is 28.6 Å². The van der Waals surface area contributed by atoms with Crippen molar-refractivity contribution in [1.29, 1.82) is 0 Å². The van der Waals surface area contributed by atoms with E-state index in [1.165, 1.54) is 42.4 Å². The molecule has 220 valence electrons. The van der Waals surface area contributed by atoms with Crippen LogP contribution in [-0.4, -0.2) is 55.1 Å². The minimum Gasteiger partial charge on any atom is -0.443 e. The van der Waals surface area contributed by atoms with E-state index in [1.807, 2.05) is 0 Å². The van der Waals surface area contributed by atoms with E-state index in [9.17, 15) is 14.4 Å². The van der Waals surface area contributed by atoms with Crippen molar-refractivity contribution in [3.8, 4) is 0 Å². The molecule has 1 fully saturated rings. The van der Waals surface area contributed by atoms with Gasteiger partial charge in [0.2, 0.25) is 0 Å². The zero-order valence-electron chi connectivity index (χ0n) is 24.6. The number of aliphatic imine (C=N–C) groups is 1. The Hall–Kier alpha value is -3.54. The summed E-state index contributed by atoms with van der Waals surface area (Å²) < 4.78 is 26.6. The van der Waals surface area contributed by atoms with Crippen LogP contribution in [0, 0.1) is 18.2 Å². The van der Waals surface area contributed by atoms with E-state index in [0.717, 1.165) is 17.7 Å². The van der Waals surface area contributed by atoms with E-state index in [4.69, 9.17) is 14.5 Å². The van der Waals surface area contributed by atoms with Gasteiger partial charge in [-0.2, -0.15) is 4.90 Å². The van der Waals surface area contributed by atoms with Gasteiger partial charge >= 0.3 is 12.2 Å². The predicted octanol–water partition coefficient (Wildman–Crippen LogP) is 6.45. The normalized spacial score (nSPS) is 19.7. The van der Waals surface area contributed by atoms with Crippen LogP contribution >= 0.6 is 11.8 Å². The Morgan fingerprint density at radius 2 is 1.61 bits per heavy atom. The number of carbonyl (C=O) groups excluding carboxylic acids is 3. The molecule has 1 aliphatic heterocycles. The number of benzene rings is 1. The highest BCUT2D eigenvalue weighted by atomic mass is 32.2. The Kier molecular flexibility index (Phi) is 7.94. The third kappa shape index (κ3) is 6.69. The lowest BCUT2D eigenvalue weighted by molar-refractivity contribution is 0.0150. The van der Waals surface area contributed by atoms with E-state index in [-0.39, 0.29) is 16.4 Å². The number of imide groups is 1. The maximum absolute atomic E-state index is 15.6. The maximum atomic E-state index is 15.6. The number of halogens is 1.